The Bertz CT molecular complexity index is 1040. The lowest BCUT2D eigenvalue weighted by Gasteiger charge is -2.38. The predicted molar refractivity (Wildman–Crippen MR) is 126 cm³/mol. The number of thiazole rings is 1. The average Bonchev–Trinajstić information content (AvgIpc) is 3.21. The Kier molecular flexibility index (Phi) is 5.13. The van der Waals surface area contributed by atoms with Gasteiger partial charge in [0.15, 0.2) is 0 Å². The van der Waals surface area contributed by atoms with Gasteiger partial charge in [0.25, 0.3) is 0 Å². The maximum Gasteiger partial charge on any atom is 0.414 e. The summed E-state index contributed by atoms with van der Waals surface area (Å²) in [7, 11) is 2.23. The molecular formula is C25H33N3O2S. The van der Waals surface area contributed by atoms with Crippen LogP contribution >= 0.6 is 11.3 Å². The minimum Gasteiger partial charge on any atom is -0.443 e. The van der Waals surface area contributed by atoms with Gasteiger partial charge in [-0.3, -0.25) is 4.90 Å². The van der Waals surface area contributed by atoms with Crippen molar-refractivity contribution in [1.82, 2.24) is 14.8 Å². The van der Waals surface area contributed by atoms with Gasteiger partial charge in [0.05, 0.1) is 20.9 Å². The zero-order valence-electron chi connectivity index (χ0n) is 19.2. The molecule has 4 atom stereocenters. The molecule has 1 aromatic carbocycles. The van der Waals surface area contributed by atoms with E-state index >= 15 is 0 Å². The Hall–Kier alpha value is -1.92. The van der Waals surface area contributed by atoms with Gasteiger partial charge in [0, 0.05) is 31.1 Å². The second-order valence-electron chi connectivity index (χ2n) is 10.7. The number of benzene rings is 1. The zero-order chi connectivity index (χ0) is 21.9. The first kappa shape index (κ1) is 21.0. The molecule has 1 aliphatic carbocycles. The molecule has 166 valence electrons. The fourth-order valence-electron chi connectivity index (χ4n) is 5.35. The van der Waals surface area contributed by atoms with Crippen LogP contribution in [0.1, 0.15) is 57.0 Å². The van der Waals surface area contributed by atoms with Gasteiger partial charge >= 0.3 is 6.09 Å². The number of carbonyl (C=O) groups excluding carboxylic acids is 1. The first-order chi connectivity index (χ1) is 14.7. The van der Waals surface area contributed by atoms with Crippen molar-refractivity contribution in [3.05, 3.63) is 34.8 Å². The molecule has 0 N–H and O–H groups in total. The van der Waals surface area contributed by atoms with E-state index in [0.717, 1.165) is 35.0 Å². The van der Waals surface area contributed by atoms with Crippen LogP contribution in [0.3, 0.4) is 0 Å². The van der Waals surface area contributed by atoms with E-state index in [1.165, 1.54) is 29.2 Å². The van der Waals surface area contributed by atoms with E-state index in [0.29, 0.717) is 18.4 Å². The molecular weight excluding hydrogens is 406 g/mol. The quantitative estimate of drug-likeness (QED) is 0.613. The van der Waals surface area contributed by atoms with Crippen molar-refractivity contribution in [1.29, 1.82) is 0 Å². The summed E-state index contributed by atoms with van der Waals surface area (Å²) in [6.07, 6.45) is 4.15. The highest BCUT2D eigenvalue weighted by molar-refractivity contribution is 7.18. The summed E-state index contributed by atoms with van der Waals surface area (Å²) in [5.41, 5.74) is 2.54. The standard InChI is InChI=1S/C25H33N3O2S/c1-15-6-8-21(28(12-15)24(29)30-25(2,3)4)16-7-9-22-20(11-16)26-23(31-22)18-10-17-13-27(5)14-19(17)18/h7-9,11,15,17-19H,6,10,12-14H2,1-5H3/t15-,17?,18?,19?/m0/s1. The fraction of sp³-hybridized carbons (Fsp3) is 0.600. The fourth-order valence-corrected chi connectivity index (χ4v) is 6.48. The van der Waals surface area contributed by atoms with Gasteiger partial charge in [-0.25, -0.2) is 9.78 Å². The molecule has 1 amide bonds. The lowest BCUT2D eigenvalue weighted by molar-refractivity contribution is 0.0327. The number of likely N-dealkylation sites (tertiary alicyclic amines) is 1. The number of fused-ring (bicyclic) bond motifs is 2. The van der Waals surface area contributed by atoms with Crippen molar-refractivity contribution < 1.29 is 9.53 Å². The van der Waals surface area contributed by atoms with E-state index in [9.17, 15) is 4.79 Å². The van der Waals surface area contributed by atoms with Gasteiger partial charge in [0.2, 0.25) is 0 Å². The van der Waals surface area contributed by atoms with Crippen LogP contribution in [0.15, 0.2) is 24.3 Å². The van der Waals surface area contributed by atoms with Crippen LogP contribution in [0.25, 0.3) is 15.9 Å². The second kappa shape index (κ2) is 7.59. The molecule has 5 rings (SSSR count). The van der Waals surface area contributed by atoms with Gasteiger partial charge < -0.3 is 9.64 Å². The van der Waals surface area contributed by atoms with E-state index in [4.69, 9.17) is 9.72 Å². The number of aromatic nitrogens is 1. The Morgan fingerprint density at radius 1 is 1.23 bits per heavy atom. The zero-order valence-corrected chi connectivity index (χ0v) is 20.0. The number of ether oxygens (including phenoxy) is 1. The first-order valence-corrected chi connectivity index (χ1v) is 12.3. The molecule has 3 unspecified atom stereocenters. The molecule has 31 heavy (non-hydrogen) atoms. The highest BCUT2D eigenvalue weighted by Crippen LogP contribution is 2.52. The third-order valence-electron chi connectivity index (χ3n) is 6.88. The second-order valence-corrected chi connectivity index (χ2v) is 11.8. The Balaban J connectivity index is 1.42. The van der Waals surface area contributed by atoms with Gasteiger partial charge in [0.1, 0.15) is 5.60 Å². The molecule has 2 fully saturated rings. The van der Waals surface area contributed by atoms with Crippen LogP contribution in [0.2, 0.25) is 0 Å². The number of hydrogen-bond donors (Lipinski definition) is 0. The summed E-state index contributed by atoms with van der Waals surface area (Å²) in [6, 6.07) is 6.47. The van der Waals surface area contributed by atoms with Gasteiger partial charge in [-0.05, 0) is 70.5 Å². The number of hydrogen-bond acceptors (Lipinski definition) is 5. The Morgan fingerprint density at radius 2 is 2.03 bits per heavy atom. The van der Waals surface area contributed by atoms with Gasteiger partial charge in [-0.2, -0.15) is 0 Å². The molecule has 5 nitrogen and oxygen atoms in total. The van der Waals surface area contributed by atoms with E-state index in [1.807, 2.05) is 32.1 Å². The number of nitrogens with zero attached hydrogens (tertiary/aromatic N) is 3. The molecule has 0 bridgehead atoms. The Labute approximate surface area is 189 Å². The van der Waals surface area contributed by atoms with E-state index in [2.05, 4.69) is 43.1 Å². The third-order valence-corrected chi connectivity index (χ3v) is 8.05. The molecule has 1 aromatic heterocycles. The van der Waals surface area contributed by atoms with Crippen LogP contribution < -0.4 is 0 Å². The number of allylic oxidation sites excluding steroid dienone is 1. The molecule has 1 saturated carbocycles. The first-order valence-electron chi connectivity index (χ1n) is 11.5. The minimum atomic E-state index is -0.508. The highest BCUT2D eigenvalue weighted by atomic mass is 32.1. The number of carbonyl (C=O) groups is 1. The maximum atomic E-state index is 12.9. The van der Waals surface area contributed by atoms with Crippen molar-refractivity contribution >= 4 is 33.3 Å². The van der Waals surface area contributed by atoms with Crippen molar-refractivity contribution in [2.45, 2.75) is 52.1 Å². The molecule has 6 heteroatoms. The predicted octanol–water partition coefficient (Wildman–Crippen LogP) is 5.58. The van der Waals surface area contributed by atoms with Crippen LogP contribution in [0.4, 0.5) is 4.79 Å². The summed E-state index contributed by atoms with van der Waals surface area (Å²) in [6.45, 7) is 11.0. The van der Waals surface area contributed by atoms with Gasteiger partial charge in [-0.15, -0.1) is 11.3 Å². The van der Waals surface area contributed by atoms with Crippen molar-refractivity contribution in [2.75, 3.05) is 26.7 Å². The summed E-state index contributed by atoms with van der Waals surface area (Å²) in [4.78, 5) is 22.2. The Morgan fingerprint density at radius 3 is 2.77 bits per heavy atom. The van der Waals surface area contributed by atoms with E-state index in [-0.39, 0.29) is 6.09 Å². The molecule has 0 spiro atoms. The largest absolute Gasteiger partial charge is 0.443 e. The average molecular weight is 440 g/mol. The molecule has 0 radical (unpaired) electrons. The van der Waals surface area contributed by atoms with Gasteiger partial charge in [-0.1, -0.05) is 19.1 Å². The third kappa shape index (κ3) is 4.00. The smallest absolute Gasteiger partial charge is 0.414 e. The minimum absolute atomic E-state index is 0.268. The molecule has 2 aliphatic heterocycles. The molecule has 1 saturated heterocycles. The monoisotopic (exact) mass is 439 g/mol. The summed E-state index contributed by atoms with van der Waals surface area (Å²) in [5.74, 6) is 2.66. The maximum absolute atomic E-state index is 12.9. The van der Waals surface area contributed by atoms with Crippen LogP contribution in [0.5, 0.6) is 0 Å². The number of amides is 1. The molecule has 2 aromatic rings. The van der Waals surface area contributed by atoms with E-state index in [1.54, 1.807) is 4.90 Å². The molecule has 3 heterocycles. The van der Waals surface area contributed by atoms with E-state index < -0.39 is 5.60 Å². The SMILES string of the molecule is C[C@H]1CC=C(c2ccc3sc(C4CC5CN(C)CC54)nc3c2)N(C(=O)OC(C)(C)C)C1. The summed E-state index contributed by atoms with van der Waals surface area (Å²) < 4.78 is 6.94. The van der Waals surface area contributed by atoms with Crippen LogP contribution in [-0.2, 0) is 4.74 Å². The van der Waals surface area contributed by atoms with Crippen molar-refractivity contribution in [2.24, 2.45) is 17.8 Å². The highest BCUT2D eigenvalue weighted by Gasteiger charge is 2.47. The summed E-state index contributed by atoms with van der Waals surface area (Å²) >= 11 is 1.85. The van der Waals surface area contributed by atoms with Crippen LogP contribution in [0, 0.1) is 17.8 Å². The van der Waals surface area contributed by atoms with Crippen molar-refractivity contribution in [3.8, 4) is 0 Å². The topological polar surface area (TPSA) is 45.7 Å². The lowest BCUT2D eigenvalue weighted by Crippen LogP contribution is -2.39. The van der Waals surface area contributed by atoms with Crippen LogP contribution in [-0.4, -0.2) is 53.2 Å². The lowest BCUT2D eigenvalue weighted by atomic mass is 9.67. The van der Waals surface area contributed by atoms with Crippen molar-refractivity contribution in [3.63, 3.8) is 0 Å². The molecule has 3 aliphatic rings. The normalized spacial score (nSPS) is 28.9. The number of rotatable bonds is 2. The summed E-state index contributed by atoms with van der Waals surface area (Å²) in [5, 5.41) is 1.29.